The highest BCUT2D eigenvalue weighted by molar-refractivity contribution is 7.15. The summed E-state index contributed by atoms with van der Waals surface area (Å²) in [5.74, 6) is 0.639. The minimum absolute atomic E-state index is 0.158. The molecule has 0 spiro atoms. The van der Waals surface area contributed by atoms with Crippen LogP contribution < -0.4 is 10.1 Å². The predicted octanol–water partition coefficient (Wildman–Crippen LogP) is 4.06. The molecule has 0 saturated carbocycles. The Hall–Kier alpha value is -2.66. The number of nitrogens with zero attached hydrogens (tertiary/aromatic N) is 1. The summed E-state index contributed by atoms with van der Waals surface area (Å²) in [5.41, 5.74) is 2.51. The zero-order valence-corrected chi connectivity index (χ0v) is 14.4. The van der Waals surface area contributed by atoms with Gasteiger partial charge in [0.25, 0.3) is 5.91 Å². The minimum atomic E-state index is -0.158. The number of benzene rings is 2. The molecule has 0 fully saturated rings. The number of amides is 1. The van der Waals surface area contributed by atoms with E-state index in [9.17, 15) is 4.79 Å². The molecular weight excluding hydrogens is 320 g/mol. The van der Waals surface area contributed by atoms with E-state index in [1.165, 1.54) is 11.3 Å². The van der Waals surface area contributed by atoms with Gasteiger partial charge in [-0.25, -0.2) is 4.98 Å². The molecule has 122 valence electrons. The third-order valence-corrected chi connectivity index (χ3v) is 4.62. The summed E-state index contributed by atoms with van der Waals surface area (Å²) < 4.78 is 5.14. The molecule has 0 bridgehead atoms. The topological polar surface area (TPSA) is 51.2 Å². The Morgan fingerprint density at radius 2 is 1.83 bits per heavy atom. The fraction of sp³-hybridized carbons (Fsp3) is 0.158. The average Bonchev–Trinajstić information content (AvgIpc) is 3.03. The Morgan fingerprint density at radius 1 is 1.12 bits per heavy atom. The number of hydrogen-bond acceptors (Lipinski definition) is 4. The van der Waals surface area contributed by atoms with Crippen molar-refractivity contribution in [3.63, 3.8) is 0 Å². The summed E-state index contributed by atoms with van der Waals surface area (Å²) in [6.45, 7) is 2.37. The number of methoxy groups -OCH3 is 1. The molecule has 0 unspecified atom stereocenters. The van der Waals surface area contributed by atoms with Crippen LogP contribution in [-0.2, 0) is 6.54 Å². The summed E-state index contributed by atoms with van der Waals surface area (Å²) in [6.07, 6.45) is 0. The number of thiazole rings is 1. The van der Waals surface area contributed by atoms with E-state index in [1.807, 2.05) is 61.5 Å². The smallest absolute Gasteiger partial charge is 0.271 e. The van der Waals surface area contributed by atoms with Gasteiger partial charge in [0.05, 0.1) is 17.0 Å². The van der Waals surface area contributed by atoms with Crippen molar-refractivity contribution in [1.82, 2.24) is 10.3 Å². The maximum Gasteiger partial charge on any atom is 0.271 e. The van der Waals surface area contributed by atoms with Crippen molar-refractivity contribution in [3.05, 3.63) is 70.9 Å². The molecule has 0 aliphatic heterocycles. The van der Waals surface area contributed by atoms with Crippen molar-refractivity contribution in [3.8, 4) is 16.2 Å². The van der Waals surface area contributed by atoms with Crippen molar-refractivity contribution < 1.29 is 9.53 Å². The van der Waals surface area contributed by atoms with Crippen LogP contribution in [0, 0.1) is 6.92 Å². The standard InChI is InChI=1S/C19H18N2O2S/c1-13-21-17(18(24-13)15-6-4-3-5-7-15)19(22)20-12-14-8-10-16(23-2)11-9-14/h3-11H,12H2,1-2H3,(H,20,22). The van der Waals surface area contributed by atoms with Gasteiger partial charge in [-0.15, -0.1) is 11.3 Å². The number of hydrogen-bond donors (Lipinski definition) is 1. The summed E-state index contributed by atoms with van der Waals surface area (Å²) in [7, 11) is 1.63. The second-order valence-corrected chi connectivity index (χ2v) is 6.51. The van der Waals surface area contributed by atoms with Gasteiger partial charge in [0.1, 0.15) is 11.4 Å². The molecule has 1 aromatic heterocycles. The van der Waals surface area contributed by atoms with Gasteiger partial charge in [-0.2, -0.15) is 0 Å². The third-order valence-electron chi connectivity index (χ3n) is 3.60. The molecule has 5 heteroatoms. The molecule has 1 heterocycles. The highest BCUT2D eigenvalue weighted by Gasteiger charge is 2.17. The second kappa shape index (κ2) is 7.27. The first-order valence-corrected chi connectivity index (χ1v) is 8.43. The van der Waals surface area contributed by atoms with E-state index in [1.54, 1.807) is 7.11 Å². The minimum Gasteiger partial charge on any atom is -0.497 e. The normalized spacial score (nSPS) is 10.4. The molecule has 4 nitrogen and oxygen atoms in total. The van der Waals surface area contributed by atoms with Crippen molar-refractivity contribution in [1.29, 1.82) is 0 Å². The molecule has 0 aliphatic rings. The summed E-state index contributed by atoms with van der Waals surface area (Å²) >= 11 is 1.53. The Labute approximate surface area is 145 Å². The fourth-order valence-electron chi connectivity index (χ4n) is 2.38. The van der Waals surface area contributed by atoms with Crippen LogP contribution in [0.5, 0.6) is 5.75 Å². The fourth-order valence-corrected chi connectivity index (χ4v) is 3.30. The van der Waals surface area contributed by atoms with Gasteiger partial charge in [0.15, 0.2) is 0 Å². The Morgan fingerprint density at radius 3 is 2.50 bits per heavy atom. The van der Waals surface area contributed by atoms with Gasteiger partial charge >= 0.3 is 0 Å². The lowest BCUT2D eigenvalue weighted by atomic mass is 10.1. The number of rotatable bonds is 5. The van der Waals surface area contributed by atoms with Crippen molar-refractivity contribution in [2.45, 2.75) is 13.5 Å². The van der Waals surface area contributed by atoms with Crippen molar-refractivity contribution in [2.75, 3.05) is 7.11 Å². The third kappa shape index (κ3) is 3.63. The van der Waals surface area contributed by atoms with Crippen LogP contribution in [0.15, 0.2) is 54.6 Å². The molecule has 1 amide bonds. The molecule has 0 atom stereocenters. The zero-order chi connectivity index (χ0) is 16.9. The van der Waals surface area contributed by atoms with E-state index in [0.29, 0.717) is 12.2 Å². The highest BCUT2D eigenvalue weighted by Crippen LogP contribution is 2.30. The maximum atomic E-state index is 12.6. The highest BCUT2D eigenvalue weighted by atomic mass is 32.1. The molecule has 0 aliphatic carbocycles. The molecule has 0 saturated heterocycles. The van der Waals surface area contributed by atoms with Crippen LogP contribution in [0.4, 0.5) is 0 Å². The number of carbonyl (C=O) groups excluding carboxylic acids is 1. The van der Waals surface area contributed by atoms with Crippen molar-refractivity contribution in [2.24, 2.45) is 0 Å². The first-order valence-electron chi connectivity index (χ1n) is 7.61. The first-order chi connectivity index (χ1) is 11.7. The van der Waals surface area contributed by atoms with Crippen molar-refractivity contribution >= 4 is 17.2 Å². The van der Waals surface area contributed by atoms with Gasteiger partial charge in [0.2, 0.25) is 0 Å². The monoisotopic (exact) mass is 338 g/mol. The molecule has 3 aromatic rings. The lowest BCUT2D eigenvalue weighted by molar-refractivity contribution is 0.0947. The number of carbonyl (C=O) groups is 1. The SMILES string of the molecule is COc1ccc(CNC(=O)c2nc(C)sc2-c2ccccc2)cc1. The van der Waals surface area contributed by atoms with Crippen LogP contribution in [0.3, 0.4) is 0 Å². The van der Waals surface area contributed by atoms with E-state index < -0.39 is 0 Å². The van der Waals surface area contributed by atoms with Crippen LogP contribution >= 0.6 is 11.3 Å². The van der Waals surface area contributed by atoms with E-state index in [0.717, 1.165) is 26.8 Å². The quantitative estimate of drug-likeness (QED) is 0.763. The van der Waals surface area contributed by atoms with Crippen LogP contribution in [0.1, 0.15) is 21.1 Å². The number of nitrogens with one attached hydrogen (secondary N) is 1. The van der Waals surface area contributed by atoms with E-state index in [-0.39, 0.29) is 5.91 Å². The van der Waals surface area contributed by atoms with Crippen LogP contribution in [-0.4, -0.2) is 18.0 Å². The molecule has 1 N–H and O–H groups in total. The number of ether oxygens (including phenoxy) is 1. The maximum absolute atomic E-state index is 12.6. The van der Waals surface area contributed by atoms with E-state index in [2.05, 4.69) is 10.3 Å². The Kier molecular flexibility index (Phi) is 4.91. The second-order valence-electron chi connectivity index (χ2n) is 5.31. The average molecular weight is 338 g/mol. The van der Waals surface area contributed by atoms with Gasteiger partial charge in [-0.05, 0) is 30.2 Å². The molecule has 24 heavy (non-hydrogen) atoms. The Bertz CT molecular complexity index is 826. The molecular formula is C19H18N2O2S. The molecule has 3 rings (SSSR count). The zero-order valence-electron chi connectivity index (χ0n) is 13.6. The van der Waals surface area contributed by atoms with E-state index in [4.69, 9.17) is 4.74 Å². The first kappa shape index (κ1) is 16.2. The lowest BCUT2D eigenvalue weighted by Gasteiger charge is -2.06. The number of aryl methyl sites for hydroxylation is 1. The summed E-state index contributed by atoms with van der Waals surface area (Å²) in [5, 5.41) is 3.82. The summed E-state index contributed by atoms with van der Waals surface area (Å²) in [6, 6.07) is 17.5. The molecule has 0 radical (unpaired) electrons. The summed E-state index contributed by atoms with van der Waals surface area (Å²) in [4.78, 5) is 17.9. The van der Waals surface area contributed by atoms with E-state index >= 15 is 0 Å². The van der Waals surface area contributed by atoms with Gasteiger partial charge < -0.3 is 10.1 Å². The van der Waals surface area contributed by atoms with Gasteiger partial charge in [-0.3, -0.25) is 4.79 Å². The predicted molar refractivity (Wildman–Crippen MR) is 96.5 cm³/mol. The van der Waals surface area contributed by atoms with Crippen LogP contribution in [0.2, 0.25) is 0 Å². The Balaban J connectivity index is 1.75. The van der Waals surface area contributed by atoms with Gasteiger partial charge in [-0.1, -0.05) is 42.5 Å². The van der Waals surface area contributed by atoms with Crippen LogP contribution in [0.25, 0.3) is 10.4 Å². The van der Waals surface area contributed by atoms with Gasteiger partial charge in [0, 0.05) is 6.54 Å². The lowest BCUT2D eigenvalue weighted by Crippen LogP contribution is -2.23. The largest absolute Gasteiger partial charge is 0.497 e. The number of aromatic nitrogens is 1. The molecule has 2 aromatic carbocycles.